The van der Waals surface area contributed by atoms with E-state index >= 15 is 0 Å². The van der Waals surface area contributed by atoms with Crippen molar-refractivity contribution >= 4 is 0 Å². The van der Waals surface area contributed by atoms with Crippen molar-refractivity contribution in [1.82, 2.24) is 15.5 Å². The molecular weight excluding hydrogens is 178 g/mol. The summed E-state index contributed by atoms with van der Waals surface area (Å²) in [5.41, 5.74) is 2.34. The lowest BCUT2D eigenvalue weighted by Gasteiger charge is -2.18. The molecule has 0 radical (unpaired) electrons. The van der Waals surface area contributed by atoms with E-state index in [-0.39, 0.29) is 0 Å². The maximum atomic E-state index is 5.07. The van der Waals surface area contributed by atoms with Crippen LogP contribution in [-0.2, 0) is 4.74 Å². The highest BCUT2D eigenvalue weighted by Gasteiger charge is 2.12. The zero-order chi connectivity index (χ0) is 10.6. The van der Waals surface area contributed by atoms with Crippen LogP contribution in [0.3, 0.4) is 0 Å². The molecule has 0 aliphatic heterocycles. The molecule has 0 aromatic carbocycles. The smallest absolute Gasteiger partial charge is 0.0613 e. The first-order valence-electron chi connectivity index (χ1n) is 4.90. The summed E-state index contributed by atoms with van der Waals surface area (Å²) in [5.74, 6) is 0. The summed E-state index contributed by atoms with van der Waals surface area (Å²) in [6, 6.07) is 0.656. The molecule has 2 N–H and O–H groups in total. The number of H-pyrrole nitrogens is 1. The molecule has 4 heteroatoms. The SMILES string of the molecule is COCC(C)NC(C)c1cn[nH]c1C. The van der Waals surface area contributed by atoms with E-state index in [1.807, 2.05) is 13.1 Å². The Labute approximate surface area is 85.0 Å². The minimum Gasteiger partial charge on any atom is -0.383 e. The molecule has 0 spiro atoms. The lowest BCUT2D eigenvalue weighted by atomic mass is 10.1. The van der Waals surface area contributed by atoms with Gasteiger partial charge in [0.25, 0.3) is 0 Å². The van der Waals surface area contributed by atoms with Crippen LogP contribution in [0.5, 0.6) is 0 Å². The fourth-order valence-corrected chi connectivity index (χ4v) is 1.61. The molecule has 1 heterocycles. The summed E-state index contributed by atoms with van der Waals surface area (Å²) in [6.45, 7) is 6.99. The predicted molar refractivity (Wildman–Crippen MR) is 56.2 cm³/mol. The average Bonchev–Trinajstić information content (AvgIpc) is 2.51. The van der Waals surface area contributed by atoms with Crippen LogP contribution in [0.4, 0.5) is 0 Å². The Bertz CT molecular complexity index is 272. The molecule has 1 rings (SSSR count). The third kappa shape index (κ3) is 2.82. The van der Waals surface area contributed by atoms with E-state index < -0.39 is 0 Å². The molecule has 1 aromatic heterocycles. The van der Waals surface area contributed by atoms with Gasteiger partial charge in [0.15, 0.2) is 0 Å². The van der Waals surface area contributed by atoms with Gasteiger partial charge in [0.1, 0.15) is 0 Å². The molecule has 0 aliphatic carbocycles. The Balaban J connectivity index is 2.50. The van der Waals surface area contributed by atoms with Gasteiger partial charge in [0.2, 0.25) is 0 Å². The molecule has 14 heavy (non-hydrogen) atoms. The van der Waals surface area contributed by atoms with Crippen molar-refractivity contribution < 1.29 is 4.74 Å². The number of ether oxygens (including phenoxy) is 1. The minimum atomic E-state index is 0.305. The third-order valence-electron chi connectivity index (χ3n) is 2.29. The van der Waals surface area contributed by atoms with E-state index in [2.05, 4.69) is 29.4 Å². The largest absolute Gasteiger partial charge is 0.383 e. The molecule has 0 fully saturated rings. The standard InChI is InChI=1S/C10H19N3O/c1-7(6-14-4)12-8(2)10-5-11-13-9(10)3/h5,7-8,12H,6H2,1-4H3,(H,11,13). The molecular formula is C10H19N3O. The lowest BCUT2D eigenvalue weighted by Crippen LogP contribution is -2.32. The fourth-order valence-electron chi connectivity index (χ4n) is 1.61. The number of rotatable bonds is 5. The van der Waals surface area contributed by atoms with Gasteiger partial charge in [-0.3, -0.25) is 5.10 Å². The summed E-state index contributed by atoms with van der Waals surface area (Å²) in [5, 5.41) is 10.4. The zero-order valence-electron chi connectivity index (χ0n) is 9.29. The fraction of sp³-hybridized carbons (Fsp3) is 0.700. The second-order valence-electron chi connectivity index (χ2n) is 3.70. The number of nitrogens with one attached hydrogen (secondary N) is 2. The molecule has 2 atom stereocenters. The van der Waals surface area contributed by atoms with Gasteiger partial charge in [-0.1, -0.05) is 0 Å². The van der Waals surface area contributed by atoms with Gasteiger partial charge in [0.05, 0.1) is 12.8 Å². The van der Waals surface area contributed by atoms with E-state index in [1.54, 1.807) is 7.11 Å². The van der Waals surface area contributed by atoms with Crippen molar-refractivity contribution in [1.29, 1.82) is 0 Å². The summed E-state index contributed by atoms with van der Waals surface area (Å²) in [4.78, 5) is 0. The highest BCUT2D eigenvalue weighted by Crippen LogP contribution is 2.14. The number of hydrogen-bond acceptors (Lipinski definition) is 3. The average molecular weight is 197 g/mol. The van der Waals surface area contributed by atoms with Crippen LogP contribution in [0.1, 0.15) is 31.1 Å². The van der Waals surface area contributed by atoms with Crippen LogP contribution in [-0.4, -0.2) is 30.0 Å². The van der Waals surface area contributed by atoms with Crippen LogP contribution in [0.15, 0.2) is 6.20 Å². The van der Waals surface area contributed by atoms with Crippen LogP contribution in [0, 0.1) is 6.92 Å². The summed E-state index contributed by atoms with van der Waals surface area (Å²) >= 11 is 0. The van der Waals surface area contributed by atoms with Gasteiger partial charge in [-0.25, -0.2) is 0 Å². The number of methoxy groups -OCH3 is 1. The van der Waals surface area contributed by atoms with Crippen molar-refractivity contribution in [2.45, 2.75) is 32.9 Å². The van der Waals surface area contributed by atoms with Gasteiger partial charge in [-0.05, 0) is 20.8 Å². The Morgan fingerprint density at radius 2 is 2.29 bits per heavy atom. The van der Waals surface area contributed by atoms with Crippen LogP contribution >= 0.6 is 0 Å². The Morgan fingerprint density at radius 1 is 1.57 bits per heavy atom. The zero-order valence-corrected chi connectivity index (χ0v) is 9.29. The van der Waals surface area contributed by atoms with E-state index in [4.69, 9.17) is 4.74 Å². The molecule has 2 unspecified atom stereocenters. The van der Waals surface area contributed by atoms with Gasteiger partial charge in [-0.15, -0.1) is 0 Å². The Hall–Kier alpha value is -0.870. The quantitative estimate of drug-likeness (QED) is 0.750. The number of aryl methyl sites for hydroxylation is 1. The Kier molecular flexibility index (Phi) is 4.10. The maximum Gasteiger partial charge on any atom is 0.0613 e. The number of nitrogens with zero attached hydrogens (tertiary/aromatic N) is 1. The van der Waals surface area contributed by atoms with Gasteiger partial charge < -0.3 is 10.1 Å². The van der Waals surface area contributed by atoms with E-state index in [0.717, 1.165) is 12.3 Å². The van der Waals surface area contributed by atoms with E-state index in [9.17, 15) is 0 Å². The van der Waals surface area contributed by atoms with E-state index in [1.165, 1.54) is 5.56 Å². The summed E-state index contributed by atoms with van der Waals surface area (Å²) in [7, 11) is 1.71. The van der Waals surface area contributed by atoms with Crippen molar-refractivity contribution in [2.24, 2.45) is 0 Å². The first kappa shape index (κ1) is 11.2. The number of aromatic amines is 1. The Morgan fingerprint density at radius 3 is 2.79 bits per heavy atom. The predicted octanol–water partition coefficient (Wildman–Crippen LogP) is 1.40. The lowest BCUT2D eigenvalue weighted by molar-refractivity contribution is 0.167. The van der Waals surface area contributed by atoms with Gasteiger partial charge >= 0.3 is 0 Å². The van der Waals surface area contributed by atoms with Crippen molar-refractivity contribution in [2.75, 3.05) is 13.7 Å². The number of aromatic nitrogens is 2. The summed E-state index contributed by atoms with van der Waals surface area (Å²) in [6.07, 6.45) is 1.87. The molecule has 0 aliphatic rings. The highest BCUT2D eigenvalue weighted by atomic mass is 16.5. The molecule has 0 amide bonds. The monoisotopic (exact) mass is 197 g/mol. The van der Waals surface area contributed by atoms with Crippen LogP contribution < -0.4 is 5.32 Å². The topological polar surface area (TPSA) is 49.9 Å². The third-order valence-corrected chi connectivity index (χ3v) is 2.29. The molecule has 0 bridgehead atoms. The molecule has 0 saturated carbocycles. The normalized spacial score (nSPS) is 15.4. The van der Waals surface area contributed by atoms with Crippen molar-refractivity contribution in [3.8, 4) is 0 Å². The van der Waals surface area contributed by atoms with Crippen LogP contribution in [0.2, 0.25) is 0 Å². The van der Waals surface area contributed by atoms with Gasteiger partial charge in [-0.2, -0.15) is 5.10 Å². The van der Waals surface area contributed by atoms with Crippen LogP contribution in [0.25, 0.3) is 0 Å². The first-order valence-corrected chi connectivity index (χ1v) is 4.90. The van der Waals surface area contributed by atoms with Crippen molar-refractivity contribution in [3.05, 3.63) is 17.5 Å². The summed E-state index contributed by atoms with van der Waals surface area (Å²) < 4.78 is 5.07. The number of hydrogen-bond donors (Lipinski definition) is 2. The molecule has 1 aromatic rings. The second kappa shape index (κ2) is 5.12. The van der Waals surface area contributed by atoms with Gasteiger partial charge in [0, 0.05) is 30.5 Å². The minimum absolute atomic E-state index is 0.305. The second-order valence-corrected chi connectivity index (χ2v) is 3.70. The molecule has 80 valence electrons. The van der Waals surface area contributed by atoms with E-state index in [0.29, 0.717) is 12.1 Å². The first-order chi connectivity index (χ1) is 6.65. The molecule has 4 nitrogen and oxygen atoms in total. The highest BCUT2D eigenvalue weighted by molar-refractivity contribution is 5.18. The van der Waals surface area contributed by atoms with Crippen molar-refractivity contribution in [3.63, 3.8) is 0 Å². The maximum absolute atomic E-state index is 5.07. The molecule has 0 saturated heterocycles.